The number of nitrogens with one attached hydrogen (secondary N) is 2. The number of hydrogen-bond acceptors (Lipinski definition) is 5. The number of imidazole rings is 2. The SMILES string of the molecule is C(=NC1CCCCC1)=NC1CCCCC1.O=C(c1ncc[nH]1)c1ncc[nH]1. The van der Waals surface area contributed by atoms with Crippen molar-refractivity contribution in [1.29, 1.82) is 0 Å². The lowest BCUT2D eigenvalue weighted by Gasteiger charge is -2.17. The van der Waals surface area contributed by atoms with Gasteiger partial charge >= 0.3 is 0 Å². The summed E-state index contributed by atoms with van der Waals surface area (Å²) in [5.41, 5.74) is 0. The number of H-pyrrole nitrogens is 2. The van der Waals surface area contributed by atoms with Crippen LogP contribution in [0.25, 0.3) is 0 Å². The molecule has 0 spiro atoms. The molecule has 0 aliphatic heterocycles. The number of aromatic amines is 2. The molecule has 2 saturated carbocycles. The minimum Gasteiger partial charge on any atom is -0.342 e. The summed E-state index contributed by atoms with van der Waals surface area (Å²) in [6.45, 7) is 0. The molecule has 2 aromatic rings. The second-order valence-electron chi connectivity index (χ2n) is 7.15. The number of aromatic nitrogens is 4. The molecule has 27 heavy (non-hydrogen) atoms. The van der Waals surface area contributed by atoms with Crippen LogP contribution >= 0.6 is 0 Å². The summed E-state index contributed by atoms with van der Waals surface area (Å²) in [7, 11) is 0. The molecule has 2 heterocycles. The van der Waals surface area contributed by atoms with Crippen molar-refractivity contribution in [1.82, 2.24) is 19.9 Å². The van der Waals surface area contributed by atoms with E-state index in [-0.39, 0.29) is 5.78 Å². The molecule has 7 heteroatoms. The second kappa shape index (κ2) is 10.6. The molecule has 2 aliphatic carbocycles. The number of rotatable bonds is 4. The lowest BCUT2D eigenvalue weighted by atomic mass is 9.96. The smallest absolute Gasteiger partial charge is 0.263 e. The van der Waals surface area contributed by atoms with E-state index in [1.165, 1.54) is 76.6 Å². The molecule has 7 nitrogen and oxygen atoms in total. The number of carbonyl (C=O) groups excluding carboxylic acids is 1. The Balaban J connectivity index is 0.000000159. The molecule has 0 unspecified atom stereocenters. The molecule has 0 bridgehead atoms. The third-order valence-corrected chi connectivity index (χ3v) is 5.06. The molecule has 0 aromatic carbocycles. The van der Waals surface area contributed by atoms with Crippen molar-refractivity contribution in [2.24, 2.45) is 9.98 Å². The third kappa shape index (κ3) is 6.29. The molecule has 2 aliphatic rings. The average Bonchev–Trinajstić information content (AvgIpc) is 3.44. The van der Waals surface area contributed by atoms with Crippen molar-refractivity contribution < 1.29 is 4.79 Å². The van der Waals surface area contributed by atoms with E-state index in [4.69, 9.17) is 0 Å². The van der Waals surface area contributed by atoms with Gasteiger partial charge in [0.15, 0.2) is 11.6 Å². The largest absolute Gasteiger partial charge is 0.342 e. The zero-order valence-corrected chi connectivity index (χ0v) is 15.7. The van der Waals surface area contributed by atoms with Crippen molar-refractivity contribution in [2.45, 2.75) is 76.3 Å². The quantitative estimate of drug-likeness (QED) is 0.625. The van der Waals surface area contributed by atoms with Crippen molar-refractivity contribution in [3.05, 3.63) is 36.4 Å². The molecule has 4 rings (SSSR count). The van der Waals surface area contributed by atoms with Gasteiger partial charge in [-0.05, 0) is 25.7 Å². The molecular weight excluding hydrogens is 340 g/mol. The predicted molar refractivity (Wildman–Crippen MR) is 104 cm³/mol. The van der Waals surface area contributed by atoms with Gasteiger partial charge in [0.1, 0.15) is 0 Å². The molecule has 2 N–H and O–H groups in total. The van der Waals surface area contributed by atoms with Crippen LogP contribution in [0.4, 0.5) is 0 Å². The van der Waals surface area contributed by atoms with Gasteiger partial charge in [-0.2, -0.15) is 0 Å². The number of nitrogens with zero attached hydrogens (tertiary/aromatic N) is 4. The predicted octanol–water partition coefficient (Wildman–Crippen LogP) is 4.19. The Kier molecular flexibility index (Phi) is 7.54. The van der Waals surface area contributed by atoms with Crippen LogP contribution in [0.15, 0.2) is 34.8 Å². The van der Waals surface area contributed by atoms with Crippen LogP contribution in [0, 0.1) is 0 Å². The van der Waals surface area contributed by atoms with Crippen LogP contribution < -0.4 is 0 Å². The number of carbonyl (C=O) groups is 1. The first-order valence-corrected chi connectivity index (χ1v) is 10.0. The van der Waals surface area contributed by atoms with Gasteiger partial charge in [-0.25, -0.2) is 20.0 Å². The first-order chi connectivity index (χ1) is 13.3. The van der Waals surface area contributed by atoms with Crippen LogP contribution in [0.2, 0.25) is 0 Å². The van der Waals surface area contributed by atoms with Crippen molar-refractivity contribution in [3.8, 4) is 0 Å². The fourth-order valence-corrected chi connectivity index (χ4v) is 3.51. The van der Waals surface area contributed by atoms with Crippen LogP contribution in [-0.4, -0.2) is 43.8 Å². The Labute approximate surface area is 159 Å². The maximum atomic E-state index is 11.4. The highest BCUT2D eigenvalue weighted by molar-refractivity contribution is 6.03. The van der Waals surface area contributed by atoms with Gasteiger partial charge in [0.2, 0.25) is 0 Å². The van der Waals surface area contributed by atoms with Gasteiger partial charge in [-0.3, -0.25) is 4.79 Å². The van der Waals surface area contributed by atoms with Crippen LogP contribution in [0.3, 0.4) is 0 Å². The lowest BCUT2D eigenvalue weighted by Crippen LogP contribution is -2.10. The van der Waals surface area contributed by atoms with Gasteiger partial charge in [0.25, 0.3) is 5.78 Å². The monoisotopic (exact) mass is 368 g/mol. The van der Waals surface area contributed by atoms with E-state index in [0.717, 1.165) is 0 Å². The molecule has 0 atom stereocenters. The van der Waals surface area contributed by atoms with Crippen LogP contribution in [0.5, 0.6) is 0 Å². The normalized spacial score (nSPS) is 18.1. The van der Waals surface area contributed by atoms with Crippen LogP contribution in [-0.2, 0) is 0 Å². The first kappa shape index (κ1) is 19.2. The van der Waals surface area contributed by atoms with E-state index >= 15 is 0 Å². The highest BCUT2D eigenvalue weighted by Gasteiger charge is 2.13. The summed E-state index contributed by atoms with van der Waals surface area (Å²) in [5, 5.41) is 0. The second-order valence-corrected chi connectivity index (χ2v) is 7.15. The Hall–Kier alpha value is -2.53. The Morgan fingerprint density at radius 2 is 1.26 bits per heavy atom. The summed E-state index contributed by atoms with van der Waals surface area (Å²) in [4.78, 5) is 33.3. The van der Waals surface area contributed by atoms with Crippen molar-refractivity contribution >= 4 is 11.8 Å². The summed E-state index contributed by atoms with van der Waals surface area (Å²) in [6.07, 6.45) is 19.4. The Morgan fingerprint density at radius 3 is 1.63 bits per heavy atom. The third-order valence-electron chi connectivity index (χ3n) is 5.06. The molecule has 2 aromatic heterocycles. The van der Waals surface area contributed by atoms with E-state index in [9.17, 15) is 4.79 Å². The fourth-order valence-electron chi connectivity index (χ4n) is 3.51. The van der Waals surface area contributed by atoms with E-state index in [1.54, 1.807) is 12.4 Å². The first-order valence-electron chi connectivity index (χ1n) is 10.0. The summed E-state index contributed by atoms with van der Waals surface area (Å²) >= 11 is 0. The Morgan fingerprint density at radius 1 is 0.815 bits per heavy atom. The van der Waals surface area contributed by atoms with Crippen molar-refractivity contribution in [2.75, 3.05) is 0 Å². The summed E-state index contributed by atoms with van der Waals surface area (Å²) < 4.78 is 0. The van der Waals surface area contributed by atoms with E-state index in [2.05, 4.69) is 35.9 Å². The number of aliphatic imine (C=N–C) groups is 2. The zero-order valence-electron chi connectivity index (χ0n) is 15.7. The Bertz CT molecular complexity index is 660. The maximum Gasteiger partial charge on any atom is 0.263 e. The molecule has 0 radical (unpaired) electrons. The summed E-state index contributed by atoms with van der Waals surface area (Å²) in [6, 6.07) is 4.04. The van der Waals surface area contributed by atoms with Gasteiger partial charge in [-0.15, -0.1) is 0 Å². The molecule has 0 amide bonds. The fraction of sp³-hybridized carbons (Fsp3) is 0.600. The minimum absolute atomic E-state index is 0.231. The van der Waals surface area contributed by atoms with Gasteiger partial charge in [0, 0.05) is 24.8 Å². The molecule has 0 saturated heterocycles. The number of hydrogen-bond donors (Lipinski definition) is 2. The molecular formula is C20H28N6O. The molecule has 2 fully saturated rings. The lowest BCUT2D eigenvalue weighted by molar-refractivity contribution is 0.102. The average molecular weight is 368 g/mol. The van der Waals surface area contributed by atoms with E-state index in [0.29, 0.717) is 23.7 Å². The van der Waals surface area contributed by atoms with Gasteiger partial charge in [-0.1, -0.05) is 38.5 Å². The van der Waals surface area contributed by atoms with Crippen molar-refractivity contribution in [3.63, 3.8) is 0 Å². The standard InChI is InChI=1S/C13H22N2.C7H6N4O/c1-3-7-12(8-4-1)14-11-15-13-9-5-2-6-10-13;12-5(6-8-1-2-9-6)7-10-3-4-11-7/h12-13H,1-10H2;1-4H,(H,8,9)(H,10,11). The van der Waals surface area contributed by atoms with E-state index < -0.39 is 0 Å². The van der Waals surface area contributed by atoms with Gasteiger partial charge in [0.05, 0.1) is 18.1 Å². The summed E-state index contributed by atoms with van der Waals surface area (Å²) in [5.74, 6) is 0.361. The molecule has 144 valence electrons. The number of ketones is 1. The van der Waals surface area contributed by atoms with Gasteiger partial charge < -0.3 is 9.97 Å². The van der Waals surface area contributed by atoms with E-state index in [1.807, 2.05) is 0 Å². The van der Waals surface area contributed by atoms with Crippen LogP contribution in [0.1, 0.15) is 80.7 Å². The topological polar surface area (TPSA) is 99.2 Å². The minimum atomic E-state index is -0.231. The highest BCUT2D eigenvalue weighted by atomic mass is 16.1. The maximum absolute atomic E-state index is 11.4. The highest BCUT2D eigenvalue weighted by Crippen LogP contribution is 2.21. The zero-order chi connectivity index (χ0) is 18.7.